The number of carbonyl (C=O) groups is 1. The van der Waals surface area contributed by atoms with Gasteiger partial charge in [-0.15, -0.1) is 0 Å². The van der Waals surface area contributed by atoms with Gasteiger partial charge in [0.25, 0.3) is 0 Å². The fourth-order valence-corrected chi connectivity index (χ4v) is 2.35. The lowest BCUT2D eigenvalue weighted by molar-refractivity contribution is -0.124. The quantitative estimate of drug-likeness (QED) is 0.914. The molecule has 1 N–H and O–H groups in total. The number of nitrogens with one attached hydrogen (secondary N) is 1. The zero-order valence-corrected chi connectivity index (χ0v) is 11.8. The first kappa shape index (κ1) is 14.3. The van der Waals surface area contributed by atoms with E-state index in [1.807, 2.05) is 31.2 Å². The molecule has 1 aliphatic heterocycles. The Kier molecular flexibility index (Phi) is 5.19. The van der Waals surface area contributed by atoms with Crippen LogP contribution in [0, 0.1) is 0 Å². The largest absolute Gasteiger partial charge is 0.376 e. The molecule has 1 aromatic carbocycles. The number of morpholine rings is 1. The fourth-order valence-electron chi connectivity index (χ4n) is 2.14. The first-order valence-corrected chi connectivity index (χ1v) is 6.86. The van der Waals surface area contributed by atoms with Crippen LogP contribution in [0.25, 0.3) is 0 Å². The highest BCUT2D eigenvalue weighted by atomic mass is 35.5. The van der Waals surface area contributed by atoms with Gasteiger partial charge in [-0.05, 0) is 24.6 Å². The van der Waals surface area contributed by atoms with Gasteiger partial charge < -0.3 is 10.1 Å². The summed E-state index contributed by atoms with van der Waals surface area (Å²) in [4.78, 5) is 14.0. The lowest BCUT2D eigenvalue weighted by atomic mass is 10.2. The average Bonchev–Trinajstić information content (AvgIpc) is 2.36. The Morgan fingerprint density at radius 2 is 2.42 bits per heavy atom. The molecule has 19 heavy (non-hydrogen) atoms. The Morgan fingerprint density at radius 3 is 3.16 bits per heavy atom. The topological polar surface area (TPSA) is 41.6 Å². The zero-order chi connectivity index (χ0) is 13.7. The summed E-state index contributed by atoms with van der Waals surface area (Å²) in [6, 6.07) is 7.51. The second-order valence-corrected chi connectivity index (χ2v) is 5.26. The number of benzene rings is 1. The first-order valence-electron chi connectivity index (χ1n) is 6.48. The maximum Gasteiger partial charge on any atom is 0.234 e. The molecule has 1 saturated heterocycles. The Bertz CT molecular complexity index is 439. The van der Waals surface area contributed by atoms with Gasteiger partial charge in [-0.1, -0.05) is 23.7 Å². The summed E-state index contributed by atoms with van der Waals surface area (Å²) < 4.78 is 5.44. The Balaban J connectivity index is 1.75. The van der Waals surface area contributed by atoms with Crippen LogP contribution in [0.4, 0.5) is 0 Å². The minimum Gasteiger partial charge on any atom is -0.376 e. The molecule has 1 unspecified atom stereocenters. The second-order valence-electron chi connectivity index (χ2n) is 4.82. The van der Waals surface area contributed by atoms with E-state index in [1.54, 1.807) is 0 Å². The average molecular weight is 283 g/mol. The van der Waals surface area contributed by atoms with Gasteiger partial charge in [0.2, 0.25) is 5.91 Å². The Morgan fingerprint density at radius 1 is 1.58 bits per heavy atom. The van der Waals surface area contributed by atoms with Crippen molar-refractivity contribution in [3.05, 3.63) is 34.9 Å². The van der Waals surface area contributed by atoms with E-state index < -0.39 is 0 Å². The van der Waals surface area contributed by atoms with Crippen molar-refractivity contribution >= 4 is 17.5 Å². The molecule has 1 aromatic rings. The highest BCUT2D eigenvalue weighted by Gasteiger charge is 2.18. The number of nitrogens with zero attached hydrogens (tertiary/aromatic N) is 1. The fraction of sp³-hybridized carbons (Fsp3) is 0.500. The van der Waals surface area contributed by atoms with Crippen LogP contribution in [0.3, 0.4) is 0 Å². The number of ether oxygens (including phenoxy) is 1. The molecule has 104 valence electrons. The zero-order valence-electron chi connectivity index (χ0n) is 11.1. The molecule has 0 aliphatic carbocycles. The standard InChI is InChI=1S/C14H19ClN2O2/c1-11-9-17(5-6-19-11)10-14(18)16-8-12-3-2-4-13(15)7-12/h2-4,7,11H,5-6,8-10H2,1H3,(H,16,18). The lowest BCUT2D eigenvalue weighted by Gasteiger charge is -2.30. The number of amides is 1. The molecular formula is C14H19ClN2O2. The summed E-state index contributed by atoms with van der Waals surface area (Å²) >= 11 is 5.90. The maximum atomic E-state index is 11.8. The second kappa shape index (κ2) is 6.89. The summed E-state index contributed by atoms with van der Waals surface area (Å²) in [5.41, 5.74) is 1.01. The van der Waals surface area contributed by atoms with E-state index in [0.717, 1.165) is 18.7 Å². The first-order chi connectivity index (χ1) is 9.13. The lowest BCUT2D eigenvalue weighted by Crippen LogP contribution is -2.45. The third kappa shape index (κ3) is 4.82. The molecule has 0 spiro atoms. The van der Waals surface area contributed by atoms with Gasteiger partial charge >= 0.3 is 0 Å². The van der Waals surface area contributed by atoms with E-state index in [9.17, 15) is 4.79 Å². The van der Waals surface area contributed by atoms with Gasteiger partial charge in [0.15, 0.2) is 0 Å². The number of carbonyl (C=O) groups excluding carboxylic acids is 1. The monoisotopic (exact) mass is 282 g/mol. The number of hydrogen-bond acceptors (Lipinski definition) is 3. The summed E-state index contributed by atoms with van der Waals surface area (Å²) in [7, 11) is 0. The molecule has 1 heterocycles. The SMILES string of the molecule is CC1CN(CC(=O)NCc2cccc(Cl)c2)CCO1. The van der Waals surface area contributed by atoms with Gasteiger partial charge in [0.05, 0.1) is 19.3 Å². The molecule has 1 atom stereocenters. The molecule has 4 nitrogen and oxygen atoms in total. The Hall–Kier alpha value is -1.10. The highest BCUT2D eigenvalue weighted by molar-refractivity contribution is 6.30. The van der Waals surface area contributed by atoms with Crippen molar-refractivity contribution < 1.29 is 9.53 Å². The van der Waals surface area contributed by atoms with E-state index in [0.29, 0.717) is 24.7 Å². The molecular weight excluding hydrogens is 264 g/mol. The van der Waals surface area contributed by atoms with Crippen LogP contribution in [-0.2, 0) is 16.1 Å². The molecule has 1 fully saturated rings. The van der Waals surface area contributed by atoms with Crippen LogP contribution in [0.15, 0.2) is 24.3 Å². The Labute approximate surface area is 118 Å². The smallest absolute Gasteiger partial charge is 0.234 e. The van der Waals surface area contributed by atoms with Crippen molar-refractivity contribution in [1.29, 1.82) is 0 Å². The van der Waals surface area contributed by atoms with Crippen molar-refractivity contribution in [3.8, 4) is 0 Å². The van der Waals surface area contributed by atoms with Crippen molar-refractivity contribution in [2.24, 2.45) is 0 Å². The van der Waals surface area contributed by atoms with Gasteiger partial charge in [-0.3, -0.25) is 9.69 Å². The minimum absolute atomic E-state index is 0.0362. The summed E-state index contributed by atoms with van der Waals surface area (Å²) in [6.45, 7) is 5.28. The summed E-state index contributed by atoms with van der Waals surface area (Å²) in [5.74, 6) is 0.0362. The van der Waals surface area contributed by atoms with Crippen LogP contribution in [0.5, 0.6) is 0 Å². The molecule has 0 radical (unpaired) electrons. The molecule has 0 saturated carbocycles. The predicted molar refractivity (Wildman–Crippen MR) is 75.2 cm³/mol. The maximum absolute atomic E-state index is 11.8. The number of halogens is 1. The molecule has 0 aromatic heterocycles. The van der Waals surface area contributed by atoms with E-state index in [-0.39, 0.29) is 12.0 Å². The molecule has 2 rings (SSSR count). The van der Waals surface area contributed by atoms with Gasteiger partial charge in [0, 0.05) is 24.7 Å². The van der Waals surface area contributed by atoms with Crippen molar-refractivity contribution in [1.82, 2.24) is 10.2 Å². The normalized spacial score (nSPS) is 20.2. The van der Waals surface area contributed by atoms with E-state index >= 15 is 0 Å². The van der Waals surface area contributed by atoms with Crippen molar-refractivity contribution in [2.75, 3.05) is 26.2 Å². The number of hydrogen-bond donors (Lipinski definition) is 1. The third-order valence-corrected chi connectivity index (χ3v) is 3.31. The van der Waals surface area contributed by atoms with Crippen LogP contribution < -0.4 is 5.32 Å². The van der Waals surface area contributed by atoms with Crippen LogP contribution in [0.2, 0.25) is 5.02 Å². The predicted octanol–water partition coefficient (Wildman–Crippen LogP) is 1.68. The summed E-state index contributed by atoms with van der Waals surface area (Å²) in [5, 5.41) is 3.60. The van der Waals surface area contributed by atoms with Crippen molar-refractivity contribution in [3.63, 3.8) is 0 Å². The van der Waals surface area contributed by atoms with E-state index in [2.05, 4.69) is 10.2 Å². The number of rotatable bonds is 4. The molecule has 1 amide bonds. The molecule has 5 heteroatoms. The van der Waals surface area contributed by atoms with Crippen molar-refractivity contribution in [2.45, 2.75) is 19.6 Å². The summed E-state index contributed by atoms with van der Waals surface area (Å²) in [6.07, 6.45) is 0.203. The van der Waals surface area contributed by atoms with E-state index in [4.69, 9.17) is 16.3 Å². The van der Waals surface area contributed by atoms with Gasteiger partial charge in [0.1, 0.15) is 0 Å². The molecule has 0 bridgehead atoms. The van der Waals surface area contributed by atoms with Gasteiger partial charge in [-0.25, -0.2) is 0 Å². The molecule has 1 aliphatic rings. The minimum atomic E-state index is 0.0362. The van der Waals surface area contributed by atoms with Crippen LogP contribution in [-0.4, -0.2) is 43.2 Å². The highest BCUT2D eigenvalue weighted by Crippen LogP contribution is 2.10. The van der Waals surface area contributed by atoms with E-state index in [1.165, 1.54) is 0 Å². The van der Waals surface area contributed by atoms with Crippen LogP contribution >= 0.6 is 11.6 Å². The third-order valence-electron chi connectivity index (χ3n) is 3.07. The van der Waals surface area contributed by atoms with Crippen LogP contribution in [0.1, 0.15) is 12.5 Å². The van der Waals surface area contributed by atoms with Gasteiger partial charge in [-0.2, -0.15) is 0 Å².